The molecule has 2 nitrogen and oxygen atoms in total. The third-order valence-corrected chi connectivity index (χ3v) is 1.57. The molecule has 0 fully saturated rings. The number of aryl methyl sites for hydroxylation is 1. The van der Waals surface area contributed by atoms with Crippen molar-refractivity contribution in [3.8, 4) is 5.75 Å². The second-order valence-electron chi connectivity index (χ2n) is 2.87. The molecule has 0 atom stereocenters. The normalized spacial score (nSPS) is 8.64. The molecule has 0 bridgehead atoms. The highest BCUT2D eigenvalue weighted by Crippen LogP contribution is 2.02. The Morgan fingerprint density at radius 1 is 1.00 bits per heavy atom. The molecule has 2 aromatic rings. The molecule has 0 spiro atoms. The lowest BCUT2D eigenvalue weighted by atomic mass is 10.3. The molecule has 0 aliphatic carbocycles. The molecule has 0 saturated heterocycles. The molecule has 1 aromatic heterocycles. The van der Waals surface area contributed by atoms with E-state index in [9.17, 15) is 0 Å². The van der Waals surface area contributed by atoms with Gasteiger partial charge in [-0.2, -0.15) is 0 Å². The van der Waals surface area contributed by atoms with Crippen LogP contribution in [0.3, 0.4) is 0 Å². The van der Waals surface area contributed by atoms with Crippen molar-refractivity contribution >= 4 is 0 Å². The van der Waals surface area contributed by atoms with Crippen LogP contribution in [0.2, 0.25) is 0 Å². The predicted molar refractivity (Wildman–Crippen MR) is 57.1 cm³/mol. The summed E-state index contributed by atoms with van der Waals surface area (Å²) in [6, 6.07) is 12.7. The SMILES string of the molecule is Cc1cccnc1.Oc1ccccc1. The van der Waals surface area contributed by atoms with E-state index in [1.54, 1.807) is 30.5 Å². The number of hydrogen-bond acceptors (Lipinski definition) is 2. The highest BCUT2D eigenvalue weighted by Gasteiger charge is 1.75. The minimum absolute atomic E-state index is 0.322. The van der Waals surface area contributed by atoms with Crippen molar-refractivity contribution < 1.29 is 5.11 Å². The van der Waals surface area contributed by atoms with Crippen molar-refractivity contribution in [2.24, 2.45) is 0 Å². The van der Waals surface area contributed by atoms with Crippen molar-refractivity contribution in [3.63, 3.8) is 0 Å². The maximum atomic E-state index is 8.63. The Balaban J connectivity index is 0.000000140. The predicted octanol–water partition coefficient (Wildman–Crippen LogP) is 2.78. The van der Waals surface area contributed by atoms with Crippen LogP contribution in [0.25, 0.3) is 0 Å². The monoisotopic (exact) mass is 187 g/mol. The molecule has 72 valence electrons. The van der Waals surface area contributed by atoms with E-state index in [-0.39, 0.29) is 0 Å². The number of phenols is 1. The summed E-state index contributed by atoms with van der Waals surface area (Å²) in [6.07, 6.45) is 3.60. The lowest BCUT2D eigenvalue weighted by Gasteiger charge is -1.82. The first kappa shape index (κ1) is 10.3. The van der Waals surface area contributed by atoms with Crippen LogP contribution in [0.5, 0.6) is 5.75 Å². The van der Waals surface area contributed by atoms with E-state index in [0.717, 1.165) is 0 Å². The number of para-hydroxylation sites is 1. The zero-order chi connectivity index (χ0) is 10.2. The van der Waals surface area contributed by atoms with Crippen molar-refractivity contribution in [3.05, 3.63) is 60.4 Å². The summed E-state index contributed by atoms with van der Waals surface area (Å²) in [5, 5.41) is 8.63. The zero-order valence-corrected chi connectivity index (χ0v) is 8.09. The third-order valence-electron chi connectivity index (χ3n) is 1.57. The number of hydrogen-bond donors (Lipinski definition) is 1. The smallest absolute Gasteiger partial charge is 0.115 e. The number of benzene rings is 1. The maximum Gasteiger partial charge on any atom is 0.115 e. The van der Waals surface area contributed by atoms with Gasteiger partial charge in [-0.1, -0.05) is 24.3 Å². The lowest BCUT2D eigenvalue weighted by Crippen LogP contribution is -1.69. The average molecular weight is 187 g/mol. The van der Waals surface area contributed by atoms with Gasteiger partial charge in [0.25, 0.3) is 0 Å². The number of nitrogens with zero attached hydrogens (tertiary/aromatic N) is 1. The van der Waals surface area contributed by atoms with Crippen LogP contribution in [0.1, 0.15) is 5.56 Å². The first-order valence-corrected chi connectivity index (χ1v) is 4.39. The highest BCUT2D eigenvalue weighted by molar-refractivity contribution is 5.18. The van der Waals surface area contributed by atoms with Gasteiger partial charge < -0.3 is 5.11 Å². The van der Waals surface area contributed by atoms with Crippen LogP contribution in [0.15, 0.2) is 54.9 Å². The van der Waals surface area contributed by atoms with Crippen LogP contribution in [0.4, 0.5) is 0 Å². The van der Waals surface area contributed by atoms with Gasteiger partial charge in [0.2, 0.25) is 0 Å². The van der Waals surface area contributed by atoms with E-state index in [1.165, 1.54) is 5.56 Å². The average Bonchev–Trinajstić information content (AvgIpc) is 2.21. The molecule has 1 aromatic carbocycles. The van der Waals surface area contributed by atoms with E-state index in [2.05, 4.69) is 4.98 Å². The number of aromatic hydroxyl groups is 1. The number of phenolic OH excluding ortho intramolecular Hbond substituents is 1. The second-order valence-corrected chi connectivity index (χ2v) is 2.87. The largest absolute Gasteiger partial charge is 0.508 e. The van der Waals surface area contributed by atoms with Crippen molar-refractivity contribution in [2.45, 2.75) is 6.92 Å². The molecular formula is C12H13NO. The molecule has 0 saturated carbocycles. The molecule has 0 unspecified atom stereocenters. The van der Waals surface area contributed by atoms with Gasteiger partial charge in [-0.05, 0) is 30.7 Å². The Hall–Kier alpha value is -1.83. The summed E-state index contributed by atoms with van der Waals surface area (Å²) >= 11 is 0. The lowest BCUT2D eigenvalue weighted by molar-refractivity contribution is 0.475. The Kier molecular flexibility index (Phi) is 4.21. The fourth-order valence-electron chi connectivity index (χ4n) is 0.876. The Bertz CT molecular complexity index is 308. The van der Waals surface area contributed by atoms with E-state index in [4.69, 9.17) is 5.11 Å². The summed E-state index contributed by atoms with van der Waals surface area (Å²) in [7, 11) is 0. The van der Waals surface area contributed by atoms with Crippen molar-refractivity contribution in [1.29, 1.82) is 0 Å². The molecule has 1 heterocycles. The van der Waals surface area contributed by atoms with Crippen molar-refractivity contribution in [2.75, 3.05) is 0 Å². The maximum absolute atomic E-state index is 8.63. The molecule has 14 heavy (non-hydrogen) atoms. The molecule has 0 aliphatic heterocycles. The first-order chi connectivity index (χ1) is 6.79. The minimum atomic E-state index is 0.322. The van der Waals surface area contributed by atoms with Gasteiger partial charge in [-0.25, -0.2) is 0 Å². The number of aromatic nitrogens is 1. The summed E-state index contributed by atoms with van der Waals surface area (Å²) in [4.78, 5) is 3.88. The van der Waals surface area contributed by atoms with Gasteiger partial charge in [0, 0.05) is 12.4 Å². The minimum Gasteiger partial charge on any atom is -0.508 e. The van der Waals surface area contributed by atoms with E-state index >= 15 is 0 Å². The molecular weight excluding hydrogens is 174 g/mol. The van der Waals surface area contributed by atoms with Gasteiger partial charge in [0.15, 0.2) is 0 Å². The van der Waals surface area contributed by atoms with E-state index in [1.807, 2.05) is 31.3 Å². The molecule has 2 heteroatoms. The third kappa shape index (κ3) is 4.26. The summed E-state index contributed by atoms with van der Waals surface area (Å²) in [5.41, 5.74) is 1.21. The Morgan fingerprint density at radius 2 is 1.71 bits per heavy atom. The van der Waals surface area contributed by atoms with E-state index < -0.39 is 0 Å². The fraction of sp³-hybridized carbons (Fsp3) is 0.0833. The Morgan fingerprint density at radius 3 is 2.00 bits per heavy atom. The van der Waals surface area contributed by atoms with Crippen LogP contribution < -0.4 is 0 Å². The molecule has 0 radical (unpaired) electrons. The first-order valence-electron chi connectivity index (χ1n) is 4.39. The number of rotatable bonds is 0. The second kappa shape index (κ2) is 5.75. The molecule has 0 aliphatic rings. The van der Waals surface area contributed by atoms with Gasteiger partial charge in [0.05, 0.1) is 0 Å². The number of pyridine rings is 1. The van der Waals surface area contributed by atoms with E-state index in [0.29, 0.717) is 5.75 Å². The standard InChI is InChI=1S/C6H7N.C6H6O/c1-6-3-2-4-7-5-6;7-6-4-2-1-3-5-6/h2-5H,1H3;1-5,7H. The van der Waals surface area contributed by atoms with Gasteiger partial charge >= 0.3 is 0 Å². The van der Waals surface area contributed by atoms with Crippen LogP contribution in [-0.4, -0.2) is 10.1 Å². The quantitative estimate of drug-likeness (QED) is 0.688. The van der Waals surface area contributed by atoms with Crippen LogP contribution >= 0.6 is 0 Å². The molecule has 1 N–H and O–H groups in total. The zero-order valence-electron chi connectivity index (χ0n) is 8.09. The Labute approximate surface area is 83.9 Å². The van der Waals surface area contributed by atoms with Gasteiger partial charge in [-0.15, -0.1) is 0 Å². The molecule has 0 amide bonds. The fourth-order valence-corrected chi connectivity index (χ4v) is 0.876. The van der Waals surface area contributed by atoms with Crippen molar-refractivity contribution in [1.82, 2.24) is 4.98 Å². The van der Waals surface area contributed by atoms with Gasteiger partial charge in [-0.3, -0.25) is 4.98 Å². The van der Waals surface area contributed by atoms with Gasteiger partial charge in [0.1, 0.15) is 5.75 Å². The molecule has 2 rings (SSSR count). The highest BCUT2D eigenvalue weighted by atomic mass is 16.3. The topological polar surface area (TPSA) is 33.1 Å². The summed E-state index contributed by atoms with van der Waals surface area (Å²) in [5.74, 6) is 0.322. The van der Waals surface area contributed by atoms with Crippen LogP contribution in [-0.2, 0) is 0 Å². The van der Waals surface area contributed by atoms with Crippen LogP contribution in [0, 0.1) is 6.92 Å². The summed E-state index contributed by atoms with van der Waals surface area (Å²) < 4.78 is 0. The summed E-state index contributed by atoms with van der Waals surface area (Å²) in [6.45, 7) is 2.02.